The molecule has 0 aromatic heterocycles. The third kappa shape index (κ3) is 4.76. The van der Waals surface area contributed by atoms with Crippen LogP contribution in [-0.2, 0) is 9.53 Å². The second-order valence-electron chi connectivity index (χ2n) is 5.25. The van der Waals surface area contributed by atoms with Gasteiger partial charge in [0.2, 0.25) is 0 Å². The maximum Gasteiger partial charge on any atom is 0.254 e. The van der Waals surface area contributed by atoms with Crippen LogP contribution >= 0.6 is 12.4 Å². The van der Waals surface area contributed by atoms with Gasteiger partial charge in [-0.25, -0.2) is 5.43 Å². The summed E-state index contributed by atoms with van der Waals surface area (Å²) in [5.74, 6) is -0.0987. The molecule has 0 atom stereocenters. The Morgan fingerprint density at radius 3 is 2.74 bits per heavy atom. The predicted octanol–water partition coefficient (Wildman–Crippen LogP) is 2.04. The van der Waals surface area contributed by atoms with Crippen molar-refractivity contribution >= 4 is 35.3 Å². The topological polar surface area (TPSA) is 53.9 Å². The highest BCUT2D eigenvalue weighted by Crippen LogP contribution is 2.16. The van der Waals surface area contributed by atoms with E-state index in [1.54, 1.807) is 6.21 Å². The van der Waals surface area contributed by atoms with Gasteiger partial charge >= 0.3 is 0 Å². The number of hydrogen-bond donors (Lipinski definition) is 1. The number of benzene rings is 2. The van der Waals surface area contributed by atoms with Crippen molar-refractivity contribution in [2.24, 2.45) is 5.10 Å². The summed E-state index contributed by atoms with van der Waals surface area (Å²) in [6, 6.07) is 14.1. The van der Waals surface area contributed by atoms with Gasteiger partial charge in [-0.05, 0) is 10.8 Å². The average Bonchev–Trinajstić information content (AvgIpc) is 2.56. The molecule has 2 aromatic carbocycles. The molecule has 1 N–H and O–H groups in total. The number of carbonyl (C=O) groups excluding carboxylic acids is 1. The smallest absolute Gasteiger partial charge is 0.254 e. The van der Waals surface area contributed by atoms with Gasteiger partial charge in [0, 0.05) is 18.7 Å². The number of fused-ring (bicyclic) bond motifs is 1. The van der Waals surface area contributed by atoms with Crippen LogP contribution < -0.4 is 5.43 Å². The molecule has 122 valence electrons. The van der Waals surface area contributed by atoms with Gasteiger partial charge in [0.1, 0.15) is 0 Å². The van der Waals surface area contributed by atoms with Crippen LogP contribution in [0.15, 0.2) is 47.6 Å². The lowest BCUT2D eigenvalue weighted by molar-refractivity contribution is -0.123. The molecule has 2 aromatic rings. The summed E-state index contributed by atoms with van der Waals surface area (Å²) in [4.78, 5) is 13.9. The monoisotopic (exact) mass is 333 g/mol. The number of amides is 1. The first-order valence-electron chi connectivity index (χ1n) is 7.43. The van der Waals surface area contributed by atoms with E-state index in [4.69, 9.17) is 4.74 Å². The van der Waals surface area contributed by atoms with Crippen LogP contribution in [0.1, 0.15) is 5.56 Å². The van der Waals surface area contributed by atoms with Crippen molar-refractivity contribution in [2.45, 2.75) is 0 Å². The quantitative estimate of drug-likeness (QED) is 0.688. The number of rotatable bonds is 4. The Balaban J connectivity index is 0.00000192. The number of ether oxygens (including phenoxy) is 1. The first-order chi connectivity index (χ1) is 10.8. The van der Waals surface area contributed by atoms with E-state index in [2.05, 4.69) is 27.6 Å². The number of nitrogens with one attached hydrogen (secondary N) is 1. The number of halogens is 1. The van der Waals surface area contributed by atoms with Gasteiger partial charge in [0.25, 0.3) is 5.91 Å². The molecule has 0 radical (unpaired) electrons. The molecule has 1 heterocycles. The molecule has 1 fully saturated rings. The van der Waals surface area contributed by atoms with Crippen molar-refractivity contribution < 1.29 is 9.53 Å². The SMILES string of the molecule is Cl.O=C(CN1CCOCC1)N/N=C/c1cccc2ccccc12. The molecule has 23 heavy (non-hydrogen) atoms. The van der Waals surface area contributed by atoms with E-state index in [0.29, 0.717) is 19.8 Å². The average molecular weight is 334 g/mol. The van der Waals surface area contributed by atoms with Crippen molar-refractivity contribution in [2.75, 3.05) is 32.8 Å². The highest BCUT2D eigenvalue weighted by Gasteiger charge is 2.13. The molecule has 6 heteroatoms. The van der Waals surface area contributed by atoms with Crippen LogP contribution in [-0.4, -0.2) is 49.9 Å². The lowest BCUT2D eigenvalue weighted by Crippen LogP contribution is -2.42. The zero-order chi connectivity index (χ0) is 15.2. The molecule has 3 rings (SSSR count). The van der Waals surface area contributed by atoms with E-state index >= 15 is 0 Å². The standard InChI is InChI=1S/C17H19N3O2.ClH/c21-17(13-20-8-10-22-11-9-20)19-18-12-15-6-3-5-14-4-1-2-7-16(14)15;/h1-7,12H,8-11,13H2,(H,19,21);1H/b18-12+;. The third-order valence-corrected chi connectivity index (χ3v) is 3.69. The minimum Gasteiger partial charge on any atom is -0.379 e. The predicted molar refractivity (Wildman–Crippen MR) is 94.2 cm³/mol. The van der Waals surface area contributed by atoms with Gasteiger partial charge in [-0.3, -0.25) is 9.69 Å². The van der Waals surface area contributed by atoms with Crippen molar-refractivity contribution in [3.8, 4) is 0 Å². The lowest BCUT2D eigenvalue weighted by atomic mass is 10.1. The normalized spacial score (nSPS) is 15.5. The maximum atomic E-state index is 11.9. The van der Waals surface area contributed by atoms with Gasteiger partial charge in [0.05, 0.1) is 26.0 Å². The van der Waals surface area contributed by atoms with Crippen molar-refractivity contribution in [1.29, 1.82) is 0 Å². The molecular formula is C17H20ClN3O2. The fourth-order valence-electron chi connectivity index (χ4n) is 2.53. The number of morpholine rings is 1. The Labute approximate surface area is 141 Å². The van der Waals surface area contributed by atoms with E-state index in [0.717, 1.165) is 29.4 Å². The Bertz CT molecular complexity index is 679. The number of hydrogen-bond acceptors (Lipinski definition) is 4. The van der Waals surface area contributed by atoms with Crippen LogP contribution in [0.25, 0.3) is 10.8 Å². The Kier molecular flexibility index (Phi) is 6.52. The summed E-state index contributed by atoms with van der Waals surface area (Å²) >= 11 is 0. The van der Waals surface area contributed by atoms with E-state index < -0.39 is 0 Å². The molecule has 0 aliphatic carbocycles. The molecule has 1 saturated heterocycles. The number of nitrogens with zero attached hydrogens (tertiary/aromatic N) is 2. The summed E-state index contributed by atoms with van der Waals surface area (Å²) in [5, 5.41) is 6.35. The summed E-state index contributed by atoms with van der Waals surface area (Å²) in [6.07, 6.45) is 1.69. The van der Waals surface area contributed by atoms with Gasteiger partial charge in [0.15, 0.2) is 0 Å². The summed E-state index contributed by atoms with van der Waals surface area (Å²) in [5.41, 5.74) is 3.58. The van der Waals surface area contributed by atoms with Gasteiger partial charge in [-0.1, -0.05) is 42.5 Å². The molecule has 0 saturated carbocycles. The molecule has 1 aliphatic heterocycles. The lowest BCUT2D eigenvalue weighted by Gasteiger charge is -2.25. The number of hydrazone groups is 1. The Hall–Kier alpha value is -1.95. The molecule has 1 aliphatic rings. The van der Waals surface area contributed by atoms with E-state index in [-0.39, 0.29) is 18.3 Å². The van der Waals surface area contributed by atoms with Crippen molar-refractivity contribution in [3.63, 3.8) is 0 Å². The third-order valence-electron chi connectivity index (χ3n) is 3.69. The van der Waals surface area contributed by atoms with E-state index in [1.807, 2.05) is 30.3 Å². The molecule has 0 unspecified atom stereocenters. The summed E-state index contributed by atoms with van der Waals surface area (Å²) < 4.78 is 5.26. The first kappa shape index (κ1) is 17.4. The van der Waals surface area contributed by atoms with Gasteiger partial charge in [-0.2, -0.15) is 5.10 Å². The molecule has 1 amide bonds. The minimum absolute atomic E-state index is 0. The largest absolute Gasteiger partial charge is 0.379 e. The highest BCUT2D eigenvalue weighted by molar-refractivity contribution is 5.99. The second kappa shape index (κ2) is 8.62. The van der Waals surface area contributed by atoms with Crippen LogP contribution in [0.5, 0.6) is 0 Å². The number of carbonyl (C=O) groups is 1. The zero-order valence-electron chi connectivity index (χ0n) is 12.8. The maximum absolute atomic E-state index is 11.9. The zero-order valence-corrected chi connectivity index (χ0v) is 13.6. The Morgan fingerprint density at radius 2 is 1.91 bits per heavy atom. The van der Waals surface area contributed by atoms with Crippen LogP contribution in [0.4, 0.5) is 0 Å². The van der Waals surface area contributed by atoms with Gasteiger partial charge < -0.3 is 4.74 Å². The van der Waals surface area contributed by atoms with E-state index in [1.165, 1.54) is 0 Å². The highest BCUT2D eigenvalue weighted by atomic mass is 35.5. The molecule has 0 bridgehead atoms. The van der Waals surface area contributed by atoms with Gasteiger partial charge in [-0.15, -0.1) is 12.4 Å². The Morgan fingerprint density at radius 1 is 1.17 bits per heavy atom. The van der Waals surface area contributed by atoms with Crippen LogP contribution in [0.3, 0.4) is 0 Å². The van der Waals surface area contributed by atoms with Crippen LogP contribution in [0.2, 0.25) is 0 Å². The second-order valence-corrected chi connectivity index (χ2v) is 5.25. The molecular weight excluding hydrogens is 314 g/mol. The fourth-order valence-corrected chi connectivity index (χ4v) is 2.53. The summed E-state index contributed by atoms with van der Waals surface area (Å²) in [6.45, 7) is 3.32. The fraction of sp³-hybridized carbons (Fsp3) is 0.294. The summed E-state index contributed by atoms with van der Waals surface area (Å²) in [7, 11) is 0. The van der Waals surface area contributed by atoms with Crippen LogP contribution in [0, 0.1) is 0 Å². The van der Waals surface area contributed by atoms with Crippen molar-refractivity contribution in [3.05, 3.63) is 48.0 Å². The first-order valence-corrected chi connectivity index (χ1v) is 7.43. The molecule has 0 spiro atoms. The minimum atomic E-state index is -0.0987. The van der Waals surface area contributed by atoms with E-state index in [9.17, 15) is 4.79 Å². The van der Waals surface area contributed by atoms with Crippen molar-refractivity contribution in [1.82, 2.24) is 10.3 Å². The molecule has 5 nitrogen and oxygen atoms in total.